The number of hydrogen-bond acceptors (Lipinski definition) is 2. The Morgan fingerprint density at radius 3 is 2.55 bits per heavy atom. The summed E-state index contributed by atoms with van der Waals surface area (Å²) in [6.07, 6.45) is 5.01. The van der Waals surface area contributed by atoms with Crippen LogP contribution in [0.15, 0.2) is 35.1 Å². The van der Waals surface area contributed by atoms with Gasteiger partial charge >= 0.3 is 0 Å². The highest BCUT2D eigenvalue weighted by atomic mass is 19.1. The van der Waals surface area contributed by atoms with Crippen LogP contribution in [0.4, 0.5) is 8.78 Å². The van der Waals surface area contributed by atoms with E-state index in [0.29, 0.717) is 0 Å². The molecule has 0 saturated carbocycles. The largest absolute Gasteiger partial charge is 0.481 e. The minimum Gasteiger partial charge on any atom is -0.481 e. The molecule has 0 bridgehead atoms. The first-order valence-corrected chi connectivity index (χ1v) is 5.76. The third-order valence-corrected chi connectivity index (χ3v) is 2.78. The van der Waals surface area contributed by atoms with Crippen molar-refractivity contribution >= 4 is 0 Å². The minimum atomic E-state index is -0.821. The molecule has 0 spiro atoms. The standard InChI is InChI=1S/C15H11F2NO2/c1-3-7-20-10-8-11(16)15(12(17)9-10)13-5-4-6-14(19)18(13)2/h1,4-6,8-9H,7H2,2H3. The third-order valence-electron chi connectivity index (χ3n) is 2.78. The van der Waals surface area contributed by atoms with Crippen molar-refractivity contribution < 1.29 is 13.5 Å². The van der Waals surface area contributed by atoms with Gasteiger partial charge in [-0.2, -0.15) is 0 Å². The van der Waals surface area contributed by atoms with Gasteiger partial charge in [0.25, 0.3) is 5.56 Å². The maximum Gasteiger partial charge on any atom is 0.250 e. The van der Waals surface area contributed by atoms with E-state index >= 15 is 0 Å². The van der Waals surface area contributed by atoms with Gasteiger partial charge in [-0.05, 0) is 6.07 Å². The zero-order valence-corrected chi connectivity index (χ0v) is 10.7. The van der Waals surface area contributed by atoms with Crippen molar-refractivity contribution in [3.8, 4) is 29.4 Å². The van der Waals surface area contributed by atoms with Gasteiger partial charge in [0.05, 0.1) is 11.3 Å². The highest BCUT2D eigenvalue weighted by Crippen LogP contribution is 2.28. The summed E-state index contributed by atoms with van der Waals surface area (Å²) in [5.74, 6) is 0.566. The minimum absolute atomic E-state index is 0.00244. The fourth-order valence-electron chi connectivity index (χ4n) is 1.82. The third kappa shape index (κ3) is 2.54. The van der Waals surface area contributed by atoms with E-state index in [2.05, 4.69) is 5.92 Å². The average molecular weight is 275 g/mol. The number of aromatic nitrogens is 1. The second-order valence-electron chi connectivity index (χ2n) is 4.06. The summed E-state index contributed by atoms with van der Waals surface area (Å²) in [6.45, 7) is -0.0813. The first kappa shape index (κ1) is 13.8. The molecule has 0 fully saturated rings. The smallest absolute Gasteiger partial charge is 0.250 e. The molecule has 0 aliphatic heterocycles. The molecule has 0 saturated heterocycles. The van der Waals surface area contributed by atoms with Gasteiger partial charge in [0.15, 0.2) is 0 Å². The second kappa shape index (κ2) is 5.57. The molecule has 0 aliphatic rings. The topological polar surface area (TPSA) is 31.2 Å². The van der Waals surface area contributed by atoms with Crippen molar-refractivity contribution in [2.45, 2.75) is 0 Å². The van der Waals surface area contributed by atoms with E-state index in [4.69, 9.17) is 11.2 Å². The van der Waals surface area contributed by atoms with Gasteiger partial charge in [-0.25, -0.2) is 8.78 Å². The first-order chi connectivity index (χ1) is 9.54. The van der Waals surface area contributed by atoms with Crippen LogP contribution in [-0.2, 0) is 7.05 Å². The van der Waals surface area contributed by atoms with E-state index in [9.17, 15) is 13.6 Å². The molecule has 0 aliphatic carbocycles. The molecule has 3 nitrogen and oxygen atoms in total. The molecule has 0 atom stereocenters. The Hall–Kier alpha value is -2.61. The fourth-order valence-corrected chi connectivity index (χ4v) is 1.82. The van der Waals surface area contributed by atoms with Crippen molar-refractivity contribution in [3.05, 3.63) is 52.3 Å². The SMILES string of the molecule is C#CCOc1cc(F)c(-c2cccc(=O)n2C)c(F)c1. The summed E-state index contributed by atoms with van der Waals surface area (Å²) in [6, 6.07) is 6.29. The number of nitrogens with zero attached hydrogens (tertiary/aromatic N) is 1. The molecule has 0 amide bonds. The molecule has 1 heterocycles. The summed E-state index contributed by atoms with van der Waals surface area (Å²) in [7, 11) is 1.44. The highest BCUT2D eigenvalue weighted by molar-refractivity contribution is 5.62. The van der Waals surface area contributed by atoms with Crippen molar-refractivity contribution in [1.29, 1.82) is 0 Å². The lowest BCUT2D eigenvalue weighted by Gasteiger charge is -2.11. The van der Waals surface area contributed by atoms with E-state index in [0.717, 1.165) is 12.1 Å². The Morgan fingerprint density at radius 2 is 1.95 bits per heavy atom. The first-order valence-electron chi connectivity index (χ1n) is 5.76. The van der Waals surface area contributed by atoms with E-state index in [1.165, 1.54) is 29.8 Å². The Kier molecular flexibility index (Phi) is 3.85. The number of benzene rings is 1. The zero-order valence-electron chi connectivity index (χ0n) is 10.7. The monoisotopic (exact) mass is 275 g/mol. The lowest BCUT2D eigenvalue weighted by Crippen LogP contribution is -2.17. The second-order valence-corrected chi connectivity index (χ2v) is 4.06. The zero-order chi connectivity index (χ0) is 14.7. The maximum atomic E-state index is 14.0. The Bertz CT molecular complexity index is 721. The molecule has 2 aromatic rings. The summed E-state index contributed by atoms with van der Waals surface area (Å²) in [5.41, 5.74) is -0.483. The Morgan fingerprint density at radius 1 is 1.30 bits per heavy atom. The maximum absolute atomic E-state index is 14.0. The van der Waals surface area contributed by atoms with Crippen LogP contribution < -0.4 is 10.3 Å². The van der Waals surface area contributed by atoms with Gasteiger partial charge in [-0.3, -0.25) is 4.79 Å². The molecule has 2 rings (SSSR count). The van der Waals surface area contributed by atoms with Crippen LogP contribution in [-0.4, -0.2) is 11.2 Å². The lowest BCUT2D eigenvalue weighted by atomic mass is 10.1. The lowest BCUT2D eigenvalue weighted by molar-refractivity contribution is 0.365. The van der Waals surface area contributed by atoms with E-state index in [-0.39, 0.29) is 29.2 Å². The van der Waals surface area contributed by atoms with Crippen LogP contribution in [0.1, 0.15) is 0 Å². The molecule has 5 heteroatoms. The highest BCUT2D eigenvalue weighted by Gasteiger charge is 2.16. The van der Waals surface area contributed by atoms with Crippen LogP contribution >= 0.6 is 0 Å². The van der Waals surface area contributed by atoms with Gasteiger partial charge in [-0.15, -0.1) is 6.42 Å². The molecule has 0 radical (unpaired) electrons. The normalized spacial score (nSPS) is 10.1. The van der Waals surface area contributed by atoms with Crippen LogP contribution in [0, 0.1) is 24.0 Å². The molecule has 0 N–H and O–H groups in total. The average Bonchev–Trinajstić information content (AvgIpc) is 2.40. The van der Waals surface area contributed by atoms with Gasteiger partial charge < -0.3 is 9.30 Å². The van der Waals surface area contributed by atoms with Crippen LogP contribution in [0.25, 0.3) is 11.3 Å². The molecular weight excluding hydrogens is 264 g/mol. The Balaban J connectivity index is 2.56. The number of halogens is 2. The van der Waals surface area contributed by atoms with E-state index < -0.39 is 11.6 Å². The van der Waals surface area contributed by atoms with E-state index in [1.54, 1.807) is 0 Å². The van der Waals surface area contributed by atoms with Crippen molar-refractivity contribution in [2.24, 2.45) is 7.05 Å². The van der Waals surface area contributed by atoms with Gasteiger partial charge in [0.1, 0.15) is 24.0 Å². The number of ether oxygens (including phenoxy) is 1. The van der Waals surface area contributed by atoms with Crippen LogP contribution in [0.2, 0.25) is 0 Å². The van der Waals surface area contributed by atoms with Crippen LogP contribution in [0.3, 0.4) is 0 Å². The molecule has 20 heavy (non-hydrogen) atoms. The molecule has 102 valence electrons. The number of hydrogen-bond donors (Lipinski definition) is 0. The summed E-state index contributed by atoms with van der Waals surface area (Å²) < 4.78 is 34.2. The predicted molar refractivity (Wildman–Crippen MR) is 71.4 cm³/mol. The molecular formula is C15H11F2NO2. The van der Waals surface area contributed by atoms with Gasteiger partial charge in [0.2, 0.25) is 0 Å². The van der Waals surface area contributed by atoms with Crippen molar-refractivity contribution in [3.63, 3.8) is 0 Å². The Labute approximate surface area is 114 Å². The summed E-state index contributed by atoms with van der Waals surface area (Å²) in [4.78, 5) is 11.5. The molecule has 1 aromatic heterocycles. The van der Waals surface area contributed by atoms with E-state index in [1.807, 2.05) is 0 Å². The van der Waals surface area contributed by atoms with Crippen LogP contribution in [0.5, 0.6) is 5.75 Å². The number of terminal acetylenes is 1. The van der Waals surface area contributed by atoms with Gasteiger partial charge in [0, 0.05) is 25.2 Å². The quantitative estimate of drug-likeness (QED) is 0.805. The molecule has 0 unspecified atom stereocenters. The van der Waals surface area contributed by atoms with Crippen molar-refractivity contribution in [2.75, 3.05) is 6.61 Å². The van der Waals surface area contributed by atoms with Crippen molar-refractivity contribution in [1.82, 2.24) is 4.57 Å². The van der Waals surface area contributed by atoms with Gasteiger partial charge in [-0.1, -0.05) is 12.0 Å². The summed E-state index contributed by atoms with van der Waals surface area (Å²) >= 11 is 0. The number of rotatable bonds is 3. The summed E-state index contributed by atoms with van der Waals surface area (Å²) in [5, 5.41) is 0. The number of pyridine rings is 1. The predicted octanol–water partition coefficient (Wildman–Crippen LogP) is 2.34. The fraction of sp³-hybridized carbons (Fsp3) is 0.133. The molecule has 1 aromatic carbocycles.